The minimum absolute atomic E-state index is 0.275. The fourth-order valence-corrected chi connectivity index (χ4v) is 1.19. The maximum Gasteiger partial charge on any atom is 0.123 e. The summed E-state index contributed by atoms with van der Waals surface area (Å²) >= 11 is 0. The first-order valence-electron chi connectivity index (χ1n) is 3.69. The Bertz CT molecular complexity index is 279. The zero-order valence-electron chi connectivity index (χ0n) is 6.05. The van der Waals surface area contributed by atoms with Gasteiger partial charge < -0.3 is 5.11 Å². The first kappa shape index (κ1) is 6.80. The van der Waals surface area contributed by atoms with E-state index < -0.39 is 5.60 Å². The number of hydrogen-bond acceptors (Lipinski definition) is 1. The molecule has 0 aliphatic heterocycles. The second kappa shape index (κ2) is 2.05. The Morgan fingerprint density at radius 2 is 2.09 bits per heavy atom. The van der Waals surface area contributed by atoms with Crippen molar-refractivity contribution in [1.29, 1.82) is 0 Å². The summed E-state index contributed by atoms with van der Waals surface area (Å²) in [5, 5.41) is 9.56. The van der Waals surface area contributed by atoms with Crippen molar-refractivity contribution in [3.05, 3.63) is 35.6 Å². The molecule has 1 aromatic carbocycles. The summed E-state index contributed by atoms with van der Waals surface area (Å²) in [5.41, 5.74) is -0.000231. The highest BCUT2D eigenvalue weighted by Crippen LogP contribution is 2.45. The molecule has 0 atom stereocenters. The van der Waals surface area contributed by atoms with Crippen LogP contribution in [-0.2, 0) is 5.60 Å². The quantitative estimate of drug-likeness (QED) is 0.650. The van der Waals surface area contributed by atoms with Gasteiger partial charge in [-0.1, -0.05) is 12.1 Å². The Morgan fingerprint density at radius 3 is 2.64 bits per heavy atom. The SMILES string of the molecule is OC1(c2cccc(F)c2)CC1. The van der Waals surface area contributed by atoms with Crippen molar-refractivity contribution in [2.75, 3.05) is 0 Å². The number of rotatable bonds is 1. The average molecular weight is 152 g/mol. The highest BCUT2D eigenvalue weighted by atomic mass is 19.1. The third-order valence-electron chi connectivity index (χ3n) is 2.09. The van der Waals surface area contributed by atoms with Crippen LogP contribution in [0.1, 0.15) is 18.4 Å². The summed E-state index contributed by atoms with van der Waals surface area (Å²) in [5.74, 6) is -0.275. The van der Waals surface area contributed by atoms with Crippen LogP contribution in [0, 0.1) is 5.82 Å². The minimum atomic E-state index is -0.706. The molecule has 0 amide bonds. The van der Waals surface area contributed by atoms with E-state index in [1.165, 1.54) is 12.1 Å². The van der Waals surface area contributed by atoms with Gasteiger partial charge in [-0.05, 0) is 30.5 Å². The van der Waals surface area contributed by atoms with Gasteiger partial charge in [0.1, 0.15) is 5.82 Å². The standard InChI is InChI=1S/C9H9FO/c10-8-3-1-2-7(6-8)9(11)4-5-9/h1-3,6,11H,4-5H2. The third-order valence-corrected chi connectivity index (χ3v) is 2.09. The summed E-state index contributed by atoms with van der Waals surface area (Å²) in [6.45, 7) is 0. The second-order valence-corrected chi connectivity index (χ2v) is 3.04. The van der Waals surface area contributed by atoms with E-state index in [2.05, 4.69) is 0 Å². The van der Waals surface area contributed by atoms with Crippen molar-refractivity contribution in [1.82, 2.24) is 0 Å². The van der Waals surface area contributed by atoms with Crippen molar-refractivity contribution in [2.45, 2.75) is 18.4 Å². The van der Waals surface area contributed by atoms with Crippen molar-refractivity contribution >= 4 is 0 Å². The van der Waals surface area contributed by atoms with Crippen LogP contribution in [0.15, 0.2) is 24.3 Å². The van der Waals surface area contributed by atoms with Crippen molar-refractivity contribution in [2.24, 2.45) is 0 Å². The van der Waals surface area contributed by atoms with Crippen LogP contribution in [-0.4, -0.2) is 5.11 Å². The van der Waals surface area contributed by atoms with Crippen LogP contribution in [0.2, 0.25) is 0 Å². The molecule has 2 rings (SSSR count). The molecule has 0 unspecified atom stereocenters. The maximum absolute atomic E-state index is 12.6. The van der Waals surface area contributed by atoms with Gasteiger partial charge in [0.2, 0.25) is 0 Å². The highest BCUT2D eigenvalue weighted by molar-refractivity contribution is 5.27. The molecule has 1 fully saturated rings. The van der Waals surface area contributed by atoms with Crippen LogP contribution in [0.3, 0.4) is 0 Å². The molecule has 58 valence electrons. The molecule has 1 aliphatic carbocycles. The smallest absolute Gasteiger partial charge is 0.123 e. The molecule has 0 aromatic heterocycles. The number of benzene rings is 1. The lowest BCUT2D eigenvalue weighted by Crippen LogP contribution is -2.03. The molecule has 1 saturated carbocycles. The molecule has 11 heavy (non-hydrogen) atoms. The zero-order chi connectivity index (χ0) is 7.90. The van der Waals surface area contributed by atoms with Crippen molar-refractivity contribution in [3.8, 4) is 0 Å². The average Bonchev–Trinajstić information content (AvgIpc) is 2.70. The Morgan fingerprint density at radius 1 is 1.36 bits per heavy atom. The summed E-state index contributed by atoms with van der Waals surface area (Å²) in [6, 6.07) is 6.17. The van der Waals surface area contributed by atoms with Gasteiger partial charge in [-0.15, -0.1) is 0 Å². The molecule has 1 aromatic rings. The Hall–Kier alpha value is -0.890. The topological polar surface area (TPSA) is 20.2 Å². The van der Waals surface area contributed by atoms with E-state index >= 15 is 0 Å². The third kappa shape index (κ3) is 1.14. The lowest BCUT2D eigenvalue weighted by molar-refractivity contribution is 0.151. The Kier molecular flexibility index (Phi) is 1.26. The largest absolute Gasteiger partial charge is 0.385 e. The summed E-state index contributed by atoms with van der Waals surface area (Å²) < 4.78 is 12.6. The van der Waals surface area contributed by atoms with Crippen LogP contribution < -0.4 is 0 Å². The Balaban J connectivity index is 2.38. The minimum Gasteiger partial charge on any atom is -0.385 e. The lowest BCUT2D eigenvalue weighted by atomic mass is 10.1. The summed E-state index contributed by atoms with van der Waals surface area (Å²) in [7, 11) is 0. The molecule has 1 nitrogen and oxygen atoms in total. The van der Waals surface area contributed by atoms with E-state index in [1.807, 2.05) is 0 Å². The van der Waals surface area contributed by atoms with Crippen LogP contribution in [0.4, 0.5) is 4.39 Å². The first-order valence-corrected chi connectivity index (χ1v) is 3.69. The molecular weight excluding hydrogens is 143 g/mol. The molecule has 1 N–H and O–H groups in total. The number of halogens is 1. The van der Waals surface area contributed by atoms with E-state index in [0.717, 1.165) is 12.8 Å². The van der Waals surface area contributed by atoms with Crippen LogP contribution in [0.25, 0.3) is 0 Å². The zero-order valence-corrected chi connectivity index (χ0v) is 6.05. The van der Waals surface area contributed by atoms with Gasteiger partial charge >= 0.3 is 0 Å². The van der Waals surface area contributed by atoms with E-state index in [4.69, 9.17) is 0 Å². The Labute approximate surface area is 64.5 Å². The van der Waals surface area contributed by atoms with E-state index in [-0.39, 0.29) is 5.82 Å². The van der Waals surface area contributed by atoms with Crippen molar-refractivity contribution in [3.63, 3.8) is 0 Å². The number of hydrogen-bond donors (Lipinski definition) is 1. The molecular formula is C9H9FO. The van der Waals surface area contributed by atoms with Crippen LogP contribution in [0.5, 0.6) is 0 Å². The van der Waals surface area contributed by atoms with E-state index in [1.54, 1.807) is 12.1 Å². The molecule has 1 aliphatic rings. The van der Waals surface area contributed by atoms with E-state index in [9.17, 15) is 9.50 Å². The molecule has 0 bridgehead atoms. The van der Waals surface area contributed by atoms with Gasteiger partial charge in [-0.25, -0.2) is 4.39 Å². The predicted octanol–water partition coefficient (Wildman–Crippen LogP) is 1.81. The maximum atomic E-state index is 12.6. The molecule has 0 saturated heterocycles. The molecule has 0 spiro atoms. The van der Waals surface area contributed by atoms with Gasteiger partial charge in [0.15, 0.2) is 0 Å². The fourth-order valence-electron chi connectivity index (χ4n) is 1.19. The van der Waals surface area contributed by atoms with Crippen LogP contribution >= 0.6 is 0 Å². The van der Waals surface area contributed by atoms with Gasteiger partial charge in [-0.3, -0.25) is 0 Å². The van der Waals surface area contributed by atoms with Gasteiger partial charge in [0.05, 0.1) is 5.60 Å². The molecule has 2 heteroatoms. The molecule has 0 heterocycles. The van der Waals surface area contributed by atoms with Gasteiger partial charge in [0, 0.05) is 0 Å². The normalized spacial score (nSPS) is 19.8. The van der Waals surface area contributed by atoms with Gasteiger partial charge in [-0.2, -0.15) is 0 Å². The monoisotopic (exact) mass is 152 g/mol. The van der Waals surface area contributed by atoms with Crippen molar-refractivity contribution < 1.29 is 9.50 Å². The van der Waals surface area contributed by atoms with E-state index in [0.29, 0.717) is 5.56 Å². The van der Waals surface area contributed by atoms with Gasteiger partial charge in [0.25, 0.3) is 0 Å². The summed E-state index contributed by atoms with van der Waals surface area (Å²) in [4.78, 5) is 0. The lowest BCUT2D eigenvalue weighted by Gasteiger charge is -2.06. The fraction of sp³-hybridized carbons (Fsp3) is 0.333. The molecule has 0 radical (unpaired) electrons. The summed E-state index contributed by atoms with van der Waals surface area (Å²) in [6.07, 6.45) is 1.52. The highest BCUT2D eigenvalue weighted by Gasteiger charge is 2.42. The second-order valence-electron chi connectivity index (χ2n) is 3.04. The number of aliphatic hydroxyl groups is 1. The first-order chi connectivity index (χ1) is 5.21. The predicted molar refractivity (Wildman–Crippen MR) is 39.5 cm³/mol.